The standard InChI is InChI=1S/C17H18N2O/c1-11-3-5-13(6-4-11)16-10-9-15(12(2)18-16)17(20)19-14-7-8-14/h3-6,9-10,14H,7-8H2,1-2H3,(H,19,20). The summed E-state index contributed by atoms with van der Waals surface area (Å²) in [5.74, 6) is -0.00652. The van der Waals surface area contributed by atoms with Crippen LogP contribution >= 0.6 is 0 Å². The number of carbonyl (C=O) groups excluding carboxylic acids is 1. The van der Waals surface area contributed by atoms with Crippen LogP contribution < -0.4 is 5.32 Å². The zero-order valence-electron chi connectivity index (χ0n) is 11.8. The number of hydrogen-bond acceptors (Lipinski definition) is 2. The van der Waals surface area contributed by atoms with Crippen molar-refractivity contribution < 1.29 is 4.79 Å². The lowest BCUT2D eigenvalue weighted by Crippen LogP contribution is -2.26. The van der Waals surface area contributed by atoms with Crippen molar-refractivity contribution in [1.29, 1.82) is 0 Å². The number of carbonyl (C=O) groups is 1. The molecule has 1 fully saturated rings. The smallest absolute Gasteiger partial charge is 0.253 e. The van der Waals surface area contributed by atoms with Crippen LogP contribution in [-0.2, 0) is 0 Å². The average molecular weight is 266 g/mol. The lowest BCUT2D eigenvalue weighted by atomic mass is 10.1. The molecule has 1 saturated carbocycles. The number of amides is 1. The van der Waals surface area contributed by atoms with Crippen molar-refractivity contribution in [3.63, 3.8) is 0 Å². The molecule has 102 valence electrons. The van der Waals surface area contributed by atoms with Crippen molar-refractivity contribution in [1.82, 2.24) is 10.3 Å². The summed E-state index contributed by atoms with van der Waals surface area (Å²) in [7, 11) is 0. The van der Waals surface area contributed by atoms with Crippen LogP contribution in [0.3, 0.4) is 0 Å². The zero-order chi connectivity index (χ0) is 14.1. The lowest BCUT2D eigenvalue weighted by Gasteiger charge is -2.08. The fourth-order valence-corrected chi connectivity index (χ4v) is 2.18. The number of benzene rings is 1. The second-order valence-electron chi connectivity index (χ2n) is 5.44. The second-order valence-corrected chi connectivity index (χ2v) is 5.44. The van der Waals surface area contributed by atoms with E-state index < -0.39 is 0 Å². The molecule has 0 radical (unpaired) electrons. The summed E-state index contributed by atoms with van der Waals surface area (Å²) in [6.07, 6.45) is 2.19. The van der Waals surface area contributed by atoms with E-state index in [1.165, 1.54) is 5.56 Å². The highest BCUT2D eigenvalue weighted by Crippen LogP contribution is 2.22. The SMILES string of the molecule is Cc1ccc(-c2ccc(C(=O)NC3CC3)c(C)n2)cc1. The highest BCUT2D eigenvalue weighted by atomic mass is 16.1. The number of aryl methyl sites for hydroxylation is 2. The Bertz CT molecular complexity index is 643. The van der Waals surface area contributed by atoms with Crippen LogP contribution in [0.5, 0.6) is 0 Å². The molecule has 1 aromatic carbocycles. The summed E-state index contributed by atoms with van der Waals surface area (Å²) >= 11 is 0. The first-order valence-corrected chi connectivity index (χ1v) is 6.99. The first kappa shape index (κ1) is 12.9. The van der Waals surface area contributed by atoms with Crippen LogP contribution in [0.15, 0.2) is 36.4 Å². The lowest BCUT2D eigenvalue weighted by molar-refractivity contribution is 0.0950. The molecule has 0 bridgehead atoms. The van der Waals surface area contributed by atoms with Crippen molar-refractivity contribution in [2.24, 2.45) is 0 Å². The highest BCUT2D eigenvalue weighted by molar-refractivity contribution is 5.95. The highest BCUT2D eigenvalue weighted by Gasteiger charge is 2.24. The normalized spacial score (nSPS) is 14.1. The Balaban J connectivity index is 1.86. The fraction of sp³-hybridized carbons (Fsp3) is 0.294. The van der Waals surface area contributed by atoms with Crippen molar-refractivity contribution in [3.05, 3.63) is 53.2 Å². The van der Waals surface area contributed by atoms with E-state index in [-0.39, 0.29) is 5.91 Å². The Hall–Kier alpha value is -2.16. The van der Waals surface area contributed by atoms with Crippen molar-refractivity contribution in [2.75, 3.05) is 0 Å². The van der Waals surface area contributed by atoms with E-state index >= 15 is 0 Å². The quantitative estimate of drug-likeness (QED) is 0.926. The molecular weight excluding hydrogens is 248 g/mol. The molecule has 0 unspecified atom stereocenters. The summed E-state index contributed by atoms with van der Waals surface area (Å²) in [5, 5.41) is 3.00. The summed E-state index contributed by atoms with van der Waals surface area (Å²) in [6, 6.07) is 12.4. The van der Waals surface area contributed by atoms with E-state index in [0.717, 1.165) is 29.8 Å². The van der Waals surface area contributed by atoms with E-state index in [1.54, 1.807) is 0 Å². The Labute approximate surface area is 119 Å². The van der Waals surface area contributed by atoms with E-state index in [2.05, 4.69) is 41.5 Å². The predicted molar refractivity (Wildman–Crippen MR) is 79.6 cm³/mol. The molecule has 1 aromatic heterocycles. The first-order valence-electron chi connectivity index (χ1n) is 6.99. The van der Waals surface area contributed by atoms with Crippen molar-refractivity contribution in [3.8, 4) is 11.3 Å². The zero-order valence-corrected chi connectivity index (χ0v) is 11.8. The van der Waals surface area contributed by atoms with Gasteiger partial charge in [0.2, 0.25) is 0 Å². The van der Waals surface area contributed by atoms with Gasteiger partial charge in [-0.1, -0.05) is 29.8 Å². The van der Waals surface area contributed by atoms with Gasteiger partial charge < -0.3 is 5.32 Å². The van der Waals surface area contributed by atoms with Crippen LogP contribution in [0.25, 0.3) is 11.3 Å². The molecule has 0 saturated heterocycles. The van der Waals surface area contributed by atoms with Gasteiger partial charge >= 0.3 is 0 Å². The van der Waals surface area contributed by atoms with Gasteiger partial charge in [-0.2, -0.15) is 0 Å². The summed E-state index contributed by atoms with van der Waals surface area (Å²) in [6.45, 7) is 3.95. The van der Waals surface area contributed by atoms with Crippen molar-refractivity contribution in [2.45, 2.75) is 32.7 Å². The molecule has 1 amide bonds. The maximum Gasteiger partial charge on any atom is 0.253 e. The maximum absolute atomic E-state index is 12.1. The monoisotopic (exact) mass is 266 g/mol. The van der Waals surface area contributed by atoms with Gasteiger partial charge in [0.1, 0.15) is 0 Å². The van der Waals surface area contributed by atoms with Crippen molar-refractivity contribution >= 4 is 5.91 Å². The second kappa shape index (κ2) is 5.08. The Morgan fingerprint density at radius 1 is 1.10 bits per heavy atom. The summed E-state index contributed by atoms with van der Waals surface area (Å²) in [5.41, 5.74) is 4.67. The molecule has 3 heteroatoms. The maximum atomic E-state index is 12.1. The summed E-state index contributed by atoms with van der Waals surface area (Å²) in [4.78, 5) is 16.6. The molecule has 2 aromatic rings. The predicted octanol–water partition coefficient (Wildman–Crippen LogP) is 3.26. The van der Waals surface area contributed by atoms with Crippen LogP contribution in [-0.4, -0.2) is 16.9 Å². The van der Waals surface area contributed by atoms with E-state index in [1.807, 2.05) is 19.1 Å². The average Bonchev–Trinajstić information content (AvgIpc) is 3.23. The van der Waals surface area contributed by atoms with Gasteiger partial charge in [-0.05, 0) is 38.8 Å². The minimum Gasteiger partial charge on any atom is -0.349 e. The Morgan fingerprint density at radius 3 is 2.40 bits per heavy atom. The summed E-state index contributed by atoms with van der Waals surface area (Å²) < 4.78 is 0. The van der Waals surface area contributed by atoms with E-state index in [9.17, 15) is 4.79 Å². The molecule has 1 aliphatic carbocycles. The van der Waals surface area contributed by atoms with Gasteiger partial charge in [0.05, 0.1) is 17.0 Å². The van der Waals surface area contributed by atoms with Gasteiger partial charge in [0.15, 0.2) is 0 Å². The molecule has 0 spiro atoms. The number of pyridine rings is 1. The number of hydrogen-bond donors (Lipinski definition) is 1. The molecule has 0 atom stereocenters. The van der Waals surface area contributed by atoms with Gasteiger partial charge in [-0.15, -0.1) is 0 Å². The van der Waals surface area contributed by atoms with Gasteiger partial charge in [0, 0.05) is 11.6 Å². The Kier molecular flexibility index (Phi) is 3.26. The fourth-order valence-electron chi connectivity index (χ4n) is 2.18. The van der Waals surface area contributed by atoms with Crippen LogP contribution in [0.1, 0.15) is 34.5 Å². The third-order valence-electron chi connectivity index (χ3n) is 3.59. The number of aromatic nitrogens is 1. The number of rotatable bonds is 3. The molecule has 3 rings (SSSR count). The molecule has 3 nitrogen and oxygen atoms in total. The number of nitrogens with zero attached hydrogens (tertiary/aromatic N) is 1. The molecule has 1 heterocycles. The van der Waals surface area contributed by atoms with Crippen LogP contribution in [0, 0.1) is 13.8 Å². The third-order valence-corrected chi connectivity index (χ3v) is 3.59. The first-order chi connectivity index (χ1) is 9.63. The molecule has 1 N–H and O–H groups in total. The van der Waals surface area contributed by atoms with E-state index in [0.29, 0.717) is 11.6 Å². The topological polar surface area (TPSA) is 42.0 Å². The van der Waals surface area contributed by atoms with Crippen LogP contribution in [0.4, 0.5) is 0 Å². The molecule has 0 aliphatic heterocycles. The minimum atomic E-state index is -0.00652. The Morgan fingerprint density at radius 2 is 1.80 bits per heavy atom. The molecular formula is C17H18N2O. The third kappa shape index (κ3) is 2.72. The minimum absolute atomic E-state index is 0.00652. The largest absolute Gasteiger partial charge is 0.349 e. The van der Waals surface area contributed by atoms with Gasteiger partial charge in [0.25, 0.3) is 5.91 Å². The molecule has 20 heavy (non-hydrogen) atoms. The van der Waals surface area contributed by atoms with Crippen LogP contribution in [0.2, 0.25) is 0 Å². The van der Waals surface area contributed by atoms with Gasteiger partial charge in [-0.3, -0.25) is 9.78 Å². The molecule has 1 aliphatic rings. The van der Waals surface area contributed by atoms with E-state index in [4.69, 9.17) is 0 Å². The van der Waals surface area contributed by atoms with Gasteiger partial charge in [-0.25, -0.2) is 0 Å². The number of nitrogens with one attached hydrogen (secondary N) is 1.